The maximum atomic E-state index is 12.3. The molecule has 0 saturated heterocycles. The van der Waals surface area contributed by atoms with E-state index >= 15 is 0 Å². The van der Waals surface area contributed by atoms with E-state index in [2.05, 4.69) is 14.4 Å². The minimum absolute atomic E-state index is 0.140. The number of hydrogen-bond donors (Lipinski definition) is 1. The molecule has 0 atom stereocenters. The van der Waals surface area contributed by atoms with Crippen LogP contribution in [0.1, 0.15) is 0 Å². The van der Waals surface area contributed by atoms with E-state index in [-0.39, 0.29) is 5.75 Å². The molecule has 0 radical (unpaired) electrons. The lowest BCUT2D eigenvalue weighted by atomic mass is 10.3. The monoisotopic (exact) mass is 295 g/mol. The molecule has 0 amide bonds. The molecule has 0 heterocycles. The number of anilines is 1. The summed E-state index contributed by atoms with van der Waals surface area (Å²) in [6.45, 7) is 0. The van der Waals surface area contributed by atoms with Crippen LogP contribution in [0.3, 0.4) is 0 Å². The first-order valence-electron chi connectivity index (χ1n) is 5.44. The largest absolute Gasteiger partial charge is 0.488 e. The molecule has 0 aliphatic carbocycles. The van der Waals surface area contributed by atoms with E-state index in [9.17, 15) is 12.3 Å². The van der Waals surface area contributed by atoms with Crippen molar-refractivity contribution >= 4 is 27.6 Å². The van der Waals surface area contributed by atoms with Gasteiger partial charge in [-0.1, -0.05) is 3.89 Å². The first-order chi connectivity index (χ1) is 9.42. The van der Waals surface area contributed by atoms with Crippen molar-refractivity contribution in [3.8, 4) is 5.75 Å². The second-order valence-electron chi connectivity index (χ2n) is 3.76. The number of rotatable bonds is 4. The van der Waals surface area contributed by atoms with Crippen LogP contribution in [0.4, 0.5) is 20.9 Å². The molecule has 0 saturated carbocycles. The summed E-state index contributed by atoms with van der Waals surface area (Å²) in [6.07, 6.45) is 0. The quantitative estimate of drug-likeness (QED) is 0.532. The molecule has 0 aliphatic rings. The van der Waals surface area contributed by atoms with E-state index in [0.717, 1.165) is 0 Å². The second-order valence-corrected chi connectivity index (χ2v) is 4.71. The molecule has 20 heavy (non-hydrogen) atoms. The van der Waals surface area contributed by atoms with Gasteiger partial charge in [0.25, 0.3) is 0 Å². The molecule has 0 bridgehead atoms. The minimum Gasteiger partial charge on any atom is -0.399 e. The van der Waals surface area contributed by atoms with Crippen LogP contribution in [0, 0.1) is 0 Å². The van der Waals surface area contributed by atoms with Gasteiger partial charge in [-0.3, -0.25) is 0 Å². The molecular formula is C12H10FN3O3S. The normalized spacial score (nSPS) is 11.7. The molecule has 2 rings (SSSR count). The maximum absolute atomic E-state index is 12.3. The maximum Gasteiger partial charge on any atom is 0.488 e. The summed E-state index contributed by atoms with van der Waals surface area (Å²) in [5.74, 6) is -0.140. The summed E-state index contributed by atoms with van der Waals surface area (Å²) in [4.78, 5) is 0. The van der Waals surface area contributed by atoms with Gasteiger partial charge in [0.1, 0.15) is 5.75 Å². The Hall–Kier alpha value is -2.48. The van der Waals surface area contributed by atoms with Crippen molar-refractivity contribution in [1.29, 1.82) is 0 Å². The van der Waals surface area contributed by atoms with Gasteiger partial charge >= 0.3 is 10.5 Å². The van der Waals surface area contributed by atoms with Gasteiger partial charge in [-0.2, -0.15) is 18.6 Å². The van der Waals surface area contributed by atoms with Crippen molar-refractivity contribution in [3.63, 3.8) is 0 Å². The Bertz CT molecular complexity index is 713. The van der Waals surface area contributed by atoms with Crippen LogP contribution in [0.25, 0.3) is 0 Å². The van der Waals surface area contributed by atoms with Crippen LogP contribution in [0.5, 0.6) is 5.75 Å². The van der Waals surface area contributed by atoms with Crippen LogP contribution in [0.2, 0.25) is 0 Å². The summed E-state index contributed by atoms with van der Waals surface area (Å²) in [5, 5.41) is 7.89. The summed E-state index contributed by atoms with van der Waals surface area (Å²) < 4.78 is 36.9. The predicted molar refractivity (Wildman–Crippen MR) is 72.1 cm³/mol. The Labute approximate surface area is 115 Å². The number of nitrogens with zero attached hydrogens (tertiary/aromatic N) is 2. The van der Waals surface area contributed by atoms with Crippen molar-refractivity contribution < 1.29 is 16.5 Å². The van der Waals surface area contributed by atoms with Crippen molar-refractivity contribution in [3.05, 3.63) is 48.5 Å². The Morgan fingerprint density at radius 1 is 0.900 bits per heavy atom. The van der Waals surface area contributed by atoms with E-state index in [1.807, 2.05) is 0 Å². The first kappa shape index (κ1) is 13.9. The van der Waals surface area contributed by atoms with Crippen LogP contribution < -0.4 is 9.92 Å². The lowest BCUT2D eigenvalue weighted by Gasteiger charge is -1.99. The van der Waals surface area contributed by atoms with E-state index in [4.69, 9.17) is 5.73 Å². The molecule has 2 aromatic carbocycles. The standard InChI is InChI=1S/C12H10FN3O3S/c13-20(17,18)19-12-7-5-11(6-8-12)16-15-10-3-1-9(14)2-4-10/h1-8H,14H2/b16-15+. The third-order valence-corrected chi connectivity index (χ3v) is 2.60. The van der Waals surface area contributed by atoms with Crippen LogP contribution >= 0.6 is 0 Å². The number of nitrogens with two attached hydrogens (primary N) is 1. The molecule has 104 valence electrons. The number of halogens is 1. The SMILES string of the molecule is Nc1ccc(/N=N/c2ccc(OS(=O)(=O)F)cc2)cc1. The topological polar surface area (TPSA) is 94.1 Å². The minimum atomic E-state index is -5.02. The van der Waals surface area contributed by atoms with Gasteiger partial charge in [0.2, 0.25) is 0 Å². The highest BCUT2D eigenvalue weighted by atomic mass is 32.3. The van der Waals surface area contributed by atoms with Crippen LogP contribution in [-0.4, -0.2) is 8.42 Å². The molecule has 0 aliphatic heterocycles. The molecule has 6 nitrogen and oxygen atoms in total. The fourth-order valence-corrected chi connectivity index (χ4v) is 1.68. The van der Waals surface area contributed by atoms with Gasteiger partial charge in [-0.15, -0.1) is 0 Å². The van der Waals surface area contributed by atoms with Crippen molar-refractivity contribution in [2.24, 2.45) is 10.2 Å². The third-order valence-electron chi connectivity index (χ3n) is 2.21. The summed E-state index contributed by atoms with van der Waals surface area (Å²) >= 11 is 0. The zero-order chi connectivity index (χ0) is 14.6. The molecule has 8 heteroatoms. The number of azo groups is 1. The van der Waals surface area contributed by atoms with E-state index < -0.39 is 10.5 Å². The first-order valence-corrected chi connectivity index (χ1v) is 6.75. The third kappa shape index (κ3) is 4.32. The molecule has 2 N–H and O–H groups in total. The second kappa shape index (κ2) is 5.66. The average molecular weight is 295 g/mol. The summed E-state index contributed by atoms with van der Waals surface area (Å²) in [5.41, 5.74) is 7.24. The summed E-state index contributed by atoms with van der Waals surface area (Å²) in [6, 6.07) is 12.2. The molecular weight excluding hydrogens is 285 g/mol. The highest BCUT2D eigenvalue weighted by Gasteiger charge is 2.08. The van der Waals surface area contributed by atoms with Crippen molar-refractivity contribution in [2.45, 2.75) is 0 Å². The molecule has 0 spiro atoms. The zero-order valence-electron chi connectivity index (χ0n) is 10.1. The highest BCUT2D eigenvalue weighted by molar-refractivity contribution is 7.81. The van der Waals surface area contributed by atoms with Gasteiger partial charge in [-0.05, 0) is 48.5 Å². The molecule has 0 aromatic heterocycles. The zero-order valence-corrected chi connectivity index (χ0v) is 10.9. The predicted octanol–water partition coefficient (Wildman–Crippen LogP) is 3.28. The molecule has 0 fully saturated rings. The number of nitrogen functional groups attached to an aromatic ring is 1. The van der Waals surface area contributed by atoms with E-state index in [1.54, 1.807) is 24.3 Å². The summed E-state index contributed by atoms with van der Waals surface area (Å²) in [7, 11) is -5.02. The van der Waals surface area contributed by atoms with Crippen LogP contribution in [-0.2, 0) is 10.5 Å². The van der Waals surface area contributed by atoms with Gasteiger partial charge < -0.3 is 9.92 Å². The van der Waals surface area contributed by atoms with Gasteiger partial charge in [0.15, 0.2) is 0 Å². The Kier molecular flexibility index (Phi) is 3.94. The average Bonchev–Trinajstić information content (AvgIpc) is 2.38. The van der Waals surface area contributed by atoms with E-state index in [0.29, 0.717) is 17.1 Å². The molecule has 2 aromatic rings. The lowest BCUT2D eigenvalue weighted by Crippen LogP contribution is -2.00. The fourth-order valence-electron chi connectivity index (χ4n) is 1.34. The number of hydrogen-bond acceptors (Lipinski definition) is 6. The fraction of sp³-hybridized carbons (Fsp3) is 0. The Morgan fingerprint density at radius 2 is 1.35 bits per heavy atom. The van der Waals surface area contributed by atoms with Gasteiger partial charge in [0, 0.05) is 5.69 Å². The lowest BCUT2D eigenvalue weighted by molar-refractivity contribution is 0.440. The Morgan fingerprint density at radius 3 is 1.80 bits per heavy atom. The molecule has 0 unspecified atom stereocenters. The van der Waals surface area contributed by atoms with Gasteiger partial charge in [-0.25, -0.2) is 0 Å². The van der Waals surface area contributed by atoms with Crippen molar-refractivity contribution in [2.75, 3.05) is 5.73 Å². The van der Waals surface area contributed by atoms with E-state index in [1.165, 1.54) is 24.3 Å². The Balaban J connectivity index is 2.09. The van der Waals surface area contributed by atoms with Crippen LogP contribution in [0.15, 0.2) is 58.8 Å². The smallest absolute Gasteiger partial charge is 0.399 e. The number of benzene rings is 2. The highest BCUT2D eigenvalue weighted by Crippen LogP contribution is 2.22. The van der Waals surface area contributed by atoms with Gasteiger partial charge in [0.05, 0.1) is 11.4 Å². The van der Waals surface area contributed by atoms with Crippen molar-refractivity contribution in [1.82, 2.24) is 0 Å².